The summed E-state index contributed by atoms with van der Waals surface area (Å²) in [5.74, 6) is -0.754. The van der Waals surface area contributed by atoms with Crippen LogP contribution in [0.5, 0.6) is 0 Å². The van der Waals surface area contributed by atoms with E-state index in [1.165, 1.54) is 0 Å². The topological polar surface area (TPSA) is 29.1 Å². The molecule has 1 rings (SSSR count). The lowest BCUT2D eigenvalue weighted by Gasteiger charge is -2.21. The molecule has 82 valence electrons. The van der Waals surface area contributed by atoms with E-state index in [0.29, 0.717) is 0 Å². The fourth-order valence-corrected chi connectivity index (χ4v) is 1.86. The van der Waals surface area contributed by atoms with E-state index in [-0.39, 0.29) is 12.3 Å². The van der Waals surface area contributed by atoms with Gasteiger partial charge in [-0.25, -0.2) is 0 Å². The number of hydrogen-bond donors (Lipinski definition) is 1. The second-order valence-electron chi connectivity index (χ2n) is 3.75. The minimum atomic E-state index is -4.58. The summed E-state index contributed by atoms with van der Waals surface area (Å²) in [6, 6.07) is 0. The molecule has 0 aliphatic heterocycles. The van der Waals surface area contributed by atoms with E-state index in [1.54, 1.807) is 0 Å². The van der Waals surface area contributed by atoms with Gasteiger partial charge in [-0.3, -0.25) is 10.1 Å². The van der Waals surface area contributed by atoms with Crippen molar-refractivity contribution < 1.29 is 18.0 Å². The highest BCUT2D eigenvalue weighted by atomic mass is 19.4. The van der Waals surface area contributed by atoms with E-state index < -0.39 is 12.2 Å². The Morgan fingerprint density at radius 1 is 1.21 bits per heavy atom. The number of carbonyl (C=O) groups is 1. The first-order valence-electron chi connectivity index (χ1n) is 4.85. The van der Waals surface area contributed by atoms with Crippen LogP contribution in [-0.2, 0) is 4.79 Å². The number of rotatable bonds is 2. The van der Waals surface area contributed by atoms with Gasteiger partial charge in [-0.2, -0.15) is 13.2 Å². The Bertz CT molecular complexity index is 197. The van der Waals surface area contributed by atoms with Crippen molar-refractivity contribution in [1.29, 1.82) is 0 Å². The molecule has 1 aliphatic carbocycles. The van der Waals surface area contributed by atoms with Gasteiger partial charge in [0, 0.05) is 6.42 Å². The third-order valence-corrected chi connectivity index (χ3v) is 2.48. The van der Waals surface area contributed by atoms with Crippen molar-refractivity contribution in [1.82, 2.24) is 5.32 Å². The molecule has 0 aromatic rings. The predicted octanol–water partition coefficient (Wildman–Crippen LogP) is 2.59. The van der Waals surface area contributed by atoms with Crippen LogP contribution in [0, 0.1) is 5.92 Å². The lowest BCUT2D eigenvalue weighted by molar-refractivity contribution is -0.170. The zero-order valence-corrected chi connectivity index (χ0v) is 7.86. The standard InChI is InChI=1S/C9H14F3NO/c10-9(11,12)13-8(14)6-7-4-2-1-3-5-7/h7H,1-6H2,(H,13,14). The van der Waals surface area contributed by atoms with E-state index in [0.717, 1.165) is 37.4 Å². The minimum Gasteiger partial charge on any atom is -0.275 e. The molecule has 1 aliphatic rings. The van der Waals surface area contributed by atoms with Gasteiger partial charge in [0.15, 0.2) is 0 Å². The second-order valence-corrected chi connectivity index (χ2v) is 3.75. The van der Waals surface area contributed by atoms with Gasteiger partial charge < -0.3 is 0 Å². The molecule has 14 heavy (non-hydrogen) atoms. The van der Waals surface area contributed by atoms with Gasteiger partial charge in [-0.1, -0.05) is 19.3 Å². The number of halogens is 3. The smallest absolute Gasteiger partial charge is 0.275 e. The number of nitrogens with one attached hydrogen (secondary N) is 1. The van der Waals surface area contributed by atoms with Crippen LogP contribution in [-0.4, -0.2) is 12.2 Å². The van der Waals surface area contributed by atoms with Crippen LogP contribution in [0.4, 0.5) is 13.2 Å². The SMILES string of the molecule is O=C(CC1CCCCC1)NC(F)(F)F. The molecule has 0 heterocycles. The fourth-order valence-electron chi connectivity index (χ4n) is 1.86. The third kappa shape index (κ3) is 4.48. The molecule has 0 spiro atoms. The van der Waals surface area contributed by atoms with Crippen molar-refractivity contribution in [3.05, 3.63) is 0 Å². The van der Waals surface area contributed by atoms with Crippen LogP contribution in [0.2, 0.25) is 0 Å². The molecule has 1 saturated carbocycles. The van der Waals surface area contributed by atoms with E-state index >= 15 is 0 Å². The average Bonchev–Trinajstić information content (AvgIpc) is 2.02. The summed E-state index contributed by atoms with van der Waals surface area (Å²) in [6.07, 6.45) is 0.396. The highest BCUT2D eigenvalue weighted by molar-refractivity contribution is 5.76. The van der Waals surface area contributed by atoms with E-state index in [4.69, 9.17) is 0 Å². The van der Waals surface area contributed by atoms with E-state index in [1.807, 2.05) is 0 Å². The summed E-state index contributed by atoms with van der Waals surface area (Å²) in [5.41, 5.74) is 0. The monoisotopic (exact) mass is 209 g/mol. The Kier molecular flexibility index (Phi) is 3.77. The van der Waals surface area contributed by atoms with Crippen molar-refractivity contribution in [3.8, 4) is 0 Å². The van der Waals surface area contributed by atoms with Crippen molar-refractivity contribution in [2.45, 2.75) is 44.8 Å². The highest BCUT2D eigenvalue weighted by Crippen LogP contribution is 2.26. The molecule has 0 atom stereocenters. The normalized spacial score (nSPS) is 19.4. The van der Waals surface area contributed by atoms with Crippen LogP contribution in [0.1, 0.15) is 38.5 Å². The zero-order chi connectivity index (χ0) is 10.6. The van der Waals surface area contributed by atoms with Gasteiger partial charge >= 0.3 is 6.30 Å². The molecular formula is C9H14F3NO. The maximum atomic E-state index is 11.7. The summed E-state index contributed by atoms with van der Waals surface area (Å²) < 4.78 is 35.2. The maximum Gasteiger partial charge on any atom is 0.484 e. The first-order chi connectivity index (χ1) is 6.47. The molecule has 0 bridgehead atoms. The molecule has 1 N–H and O–H groups in total. The largest absolute Gasteiger partial charge is 0.484 e. The van der Waals surface area contributed by atoms with E-state index in [9.17, 15) is 18.0 Å². The molecule has 0 radical (unpaired) electrons. The summed E-state index contributed by atoms with van der Waals surface area (Å²) in [6.45, 7) is 0. The van der Waals surface area contributed by atoms with Gasteiger partial charge in [0.1, 0.15) is 0 Å². The Balaban J connectivity index is 2.25. The van der Waals surface area contributed by atoms with Crippen LogP contribution in [0.15, 0.2) is 0 Å². The Labute approximate surface area is 80.9 Å². The Hall–Kier alpha value is -0.740. The van der Waals surface area contributed by atoms with Crippen molar-refractivity contribution >= 4 is 5.91 Å². The van der Waals surface area contributed by atoms with Gasteiger partial charge in [0.05, 0.1) is 0 Å². The van der Waals surface area contributed by atoms with Crippen LogP contribution < -0.4 is 5.32 Å². The van der Waals surface area contributed by atoms with Crippen LogP contribution in [0.25, 0.3) is 0 Å². The Morgan fingerprint density at radius 2 is 1.79 bits per heavy atom. The number of alkyl halides is 3. The first-order valence-corrected chi connectivity index (χ1v) is 4.85. The van der Waals surface area contributed by atoms with Crippen molar-refractivity contribution in [2.75, 3.05) is 0 Å². The first kappa shape index (κ1) is 11.3. The molecule has 1 fully saturated rings. The second kappa shape index (κ2) is 4.66. The van der Waals surface area contributed by atoms with Crippen LogP contribution in [0.3, 0.4) is 0 Å². The summed E-state index contributed by atoms with van der Waals surface area (Å²) in [5, 5.41) is 1.03. The quantitative estimate of drug-likeness (QED) is 0.696. The summed E-state index contributed by atoms with van der Waals surface area (Å²) in [4.78, 5) is 10.9. The van der Waals surface area contributed by atoms with Crippen molar-refractivity contribution in [2.24, 2.45) is 5.92 Å². The Morgan fingerprint density at radius 3 is 2.29 bits per heavy atom. The van der Waals surface area contributed by atoms with E-state index in [2.05, 4.69) is 0 Å². The molecule has 0 aromatic heterocycles. The van der Waals surface area contributed by atoms with Gasteiger partial charge in [0.2, 0.25) is 5.91 Å². The third-order valence-electron chi connectivity index (χ3n) is 2.48. The number of carbonyl (C=O) groups excluding carboxylic acids is 1. The average molecular weight is 209 g/mol. The molecular weight excluding hydrogens is 195 g/mol. The lowest BCUT2D eigenvalue weighted by Crippen LogP contribution is -2.38. The van der Waals surface area contributed by atoms with Gasteiger partial charge in [-0.05, 0) is 18.8 Å². The van der Waals surface area contributed by atoms with Crippen molar-refractivity contribution in [3.63, 3.8) is 0 Å². The summed E-state index contributed by atoms with van der Waals surface area (Å²) in [7, 11) is 0. The molecule has 5 heteroatoms. The minimum absolute atomic E-state index is 0.0134. The van der Waals surface area contributed by atoms with Crippen LogP contribution >= 0.6 is 0 Å². The predicted molar refractivity (Wildman–Crippen MR) is 45.4 cm³/mol. The maximum absolute atomic E-state index is 11.7. The molecule has 0 unspecified atom stereocenters. The number of hydrogen-bond acceptors (Lipinski definition) is 1. The molecule has 0 saturated heterocycles. The highest BCUT2D eigenvalue weighted by Gasteiger charge is 2.30. The summed E-state index contributed by atoms with van der Waals surface area (Å²) >= 11 is 0. The van der Waals surface area contributed by atoms with Gasteiger partial charge in [0.25, 0.3) is 0 Å². The number of amides is 1. The zero-order valence-electron chi connectivity index (χ0n) is 7.86. The molecule has 2 nitrogen and oxygen atoms in total. The molecule has 0 aromatic carbocycles. The fraction of sp³-hybridized carbons (Fsp3) is 0.889. The molecule has 1 amide bonds. The van der Waals surface area contributed by atoms with Gasteiger partial charge in [-0.15, -0.1) is 0 Å². The lowest BCUT2D eigenvalue weighted by atomic mass is 9.87.